The van der Waals surface area contributed by atoms with E-state index in [0.717, 1.165) is 5.69 Å². The van der Waals surface area contributed by atoms with Crippen molar-refractivity contribution in [1.29, 1.82) is 0 Å². The molecule has 0 unspecified atom stereocenters. The zero-order chi connectivity index (χ0) is 17.8. The Labute approximate surface area is 149 Å². The molecule has 7 heteroatoms. The highest BCUT2D eigenvalue weighted by atomic mass is 35.5. The predicted molar refractivity (Wildman–Crippen MR) is 96.1 cm³/mol. The van der Waals surface area contributed by atoms with Crippen molar-refractivity contribution in [1.82, 2.24) is 9.78 Å². The Hall–Kier alpha value is -2.99. The summed E-state index contributed by atoms with van der Waals surface area (Å²) in [5.41, 5.74) is 1.64. The van der Waals surface area contributed by atoms with Gasteiger partial charge in [-0.3, -0.25) is 4.79 Å². The second kappa shape index (κ2) is 7.27. The van der Waals surface area contributed by atoms with E-state index in [0.29, 0.717) is 27.8 Å². The molecule has 1 amide bonds. The zero-order valence-electron chi connectivity index (χ0n) is 13.7. The third-order valence-corrected chi connectivity index (χ3v) is 3.89. The van der Waals surface area contributed by atoms with Gasteiger partial charge in [0, 0.05) is 18.3 Å². The van der Waals surface area contributed by atoms with Crippen LogP contribution in [0.1, 0.15) is 10.4 Å². The van der Waals surface area contributed by atoms with Crippen molar-refractivity contribution in [2.75, 3.05) is 19.5 Å². The number of anilines is 1. The van der Waals surface area contributed by atoms with Crippen LogP contribution < -0.4 is 14.8 Å². The minimum Gasteiger partial charge on any atom is -0.497 e. The first-order chi connectivity index (χ1) is 12.1. The molecule has 1 heterocycles. The van der Waals surface area contributed by atoms with Crippen LogP contribution in [0, 0.1) is 0 Å². The van der Waals surface area contributed by atoms with Crippen LogP contribution in [-0.2, 0) is 0 Å². The smallest absolute Gasteiger partial charge is 0.259 e. The van der Waals surface area contributed by atoms with E-state index < -0.39 is 0 Å². The Morgan fingerprint density at radius 3 is 2.60 bits per heavy atom. The fourth-order valence-corrected chi connectivity index (χ4v) is 2.55. The number of para-hydroxylation sites is 1. The fraction of sp³-hybridized carbons (Fsp3) is 0.111. The highest BCUT2D eigenvalue weighted by molar-refractivity contribution is 6.34. The monoisotopic (exact) mass is 357 g/mol. The molecule has 3 rings (SSSR count). The lowest BCUT2D eigenvalue weighted by Crippen LogP contribution is -2.12. The molecule has 6 nitrogen and oxygen atoms in total. The summed E-state index contributed by atoms with van der Waals surface area (Å²) < 4.78 is 12.1. The number of nitrogens with one attached hydrogen (secondary N) is 1. The Morgan fingerprint density at radius 2 is 1.92 bits per heavy atom. The van der Waals surface area contributed by atoms with Gasteiger partial charge in [-0.15, -0.1) is 0 Å². The van der Waals surface area contributed by atoms with Gasteiger partial charge < -0.3 is 14.8 Å². The Morgan fingerprint density at radius 1 is 1.16 bits per heavy atom. The lowest BCUT2D eigenvalue weighted by molar-refractivity contribution is 0.102. The van der Waals surface area contributed by atoms with Crippen LogP contribution in [0.15, 0.2) is 54.9 Å². The zero-order valence-corrected chi connectivity index (χ0v) is 14.4. The van der Waals surface area contributed by atoms with Crippen LogP contribution in [0.2, 0.25) is 5.02 Å². The van der Waals surface area contributed by atoms with Crippen LogP contribution >= 0.6 is 11.6 Å². The van der Waals surface area contributed by atoms with Crippen molar-refractivity contribution in [3.63, 3.8) is 0 Å². The molecule has 0 saturated carbocycles. The first kappa shape index (κ1) is 16.9. The number of aromatic nitrogens is 2. The topological polar surface area (TPSA) is 65.4 Å². The quantitative estimate of drug-likeness (QED) is 0.754. The van der Waals surface area contributed by atoms with E-state index in [1.807, 2.05) is 30.3 Å². The molecule has 0 bridgehead atoms. The number of rotatable bonds is 5. The maximum absolute atomic E-state index is 12.5. The molecule has 2 aromatic carbocycles. The number of carbonyl (C=O) groups excluding carboxylic acids is 1. The van der Waals surface area contributed by atoms with Gasteiger partial charge in [0.1, 0.15) is 17.2 Å². The largest absolute Gasteiger partial charge is 0.497 e. The fourth-order valence-electron chi connectivity index (χ4n) is 2.31. The van der Waals surface area contributed by atoms with E-state index in [2.05, 4.69) is 10.4 Å². The number of amides is 1. The van der Waals surface area contributed by atoms with Crippen LogP contribution in [0.4, 0.5) is 5.69 Å². The second-order valence-electron chi connectivity index (χ2n) is 5.15. The van der Waals surface area contributed by atoms with E-state index in [1.54, 1.807) is 23.0 Å². The van der Waals surface area contributed by atoms with E-state index in [-0.39, 0.29) is 5.91 Å². The number of halogens is 1. The Kier molecular flexibility index (Phi) is 4.90. The Balaban J connectivity index is 1.85. The maximum atomic E-state index is 12.5. The standard InChI is InChI=1S/C18H16ClN3O3/c1-24-14-8-15(19)17(16(9-14)25-2)21-18(23)12-10-20-22(11-12)13-6-4-3-5-7-13/h3-11H,1-2H3,(H,21,23). The van der Waals surface area contributed by atoms with E-state index in [9.17, 15) is 4.79 Å². The molecule has 25 heavy (non-hydrogen) atoms. The van der Waals surface area contributed by atoms with Crippen LogP contribution in [-0.4, -0.2) is 29.9 Å². The first-order valence-corrected chi connectivity index (χ1v) is 7.83. The molecule has 0 fully saturated rings. The molecule has 1 aromatic heterocycles. The highest BCUT2D eigenvalue weighted by Gasteiger charge is 2.16. The number of hydrogen-bond acceptors (Lipinski definition) is 4. The third-order valence-electron chi connectivity index (χ3n) is 3.59. The number of methoxy groups -OCH3 is 2. The molecular formula is C18H16ClN3O3. The second-order valence-corrected chi connectivity index (χ2v) is 5.56. The van der Waals surface area contributed by atoms with Crippen molar-refractivity contribution in [3.8, 4) is 17.2 Å². The van der Waals surface area contributed by atoms with Crippen molar-refractivity contribution in [3.05, 3.63) is 65.4 Å². The van der Waals surface area contributed by atoms with Crippen molar-refractivity contribution < 1.29 is 14.3 Å². The molecule has 3 aromatic rings. The third kappa shape index (κ3) is 3.59. The number of benzene rings is 2. The molecule has 0 radical (unpaired) electrons. The predicted octanol–water partition coefficient (Wildman–Crippen LogP) is 3.80. The van der Waals surface area contributed by atoms with Gasteiger partial charge in [-0.1, -0.05) is 29.8 Å². The number of hydrogen-bond donors (Lipinski definition) is 1. The molecule has 0 aliphatic heterocycles. The summed E-state index contributed by atoms with van der Waals surface area (Å²) in [5, 5.41) is 7.29. The van der Waals surface area contributed by atoms with Crippen molar-refractivity contribution >= 4 is 23.2 Å². The van der Waals surface area contributed by atoms with Gasteiger partial charge in [0.15, 0.2) is 0 Å². The average molecular weight is 358 g/mol. The molecule has 0 aliphatic carbocycles. The molecule has 0 atom stereocenters. The van der Waals surface area contributed by atoms with E-state index in [1.165, 1.54) is 20.4 Å². The summed E-state index contributed by atoms with van der Waals surface area (Å²) in [6, 6.07) is 12.8. The van der Waals surface area contributed by atoms with Crippen molar-refractivity contribution in [2.24, 2.45) is 0 Å². The normalized spacial score (nSPS) is 10.4. The summed E-state index contributed by atoms with van der Waals surface area (Å²) in [4.78, 5) is 12.5. The van der Waals surface area contributed by atoms with Gasteiger partial charge in [-0.2, -0.15) is 5.10 Å². The SMILES string of the molecule is COc1cc(Cl)c(NC(=O)c2cnn(-c3ccccc3)c2)c(OC)c1. The first-order valence-electron chi connectivity index (χ1n) is 7.45. The molecular weight excluding hydrogens is 342 g/mol. The molecule has 0 spiro atoms. The number of nitrogens with zero attached hydrogens (tertiary/aromatic N) is 2. The molecule has 1 N–H and O–H groups in total. The number of ether oxygens (including phenoxy) is 2. The van der Waals surface area contributed by atoms with E-state index in [4.69, 9.17) is 21.1 Å². The van der Waals surface area contributed by atoms with Gasteiger partial charge in [0.25, 0.3) is 5.91 Å². The molecule has 0 saturated heterocycles. The lowest BCUT2D eigenvalue weighted by Gasteiger charge is -2.13. The minimum atomic E-state index is -0.340. The minimum absolute atomic E-state index is 0.319. The summed E-state index contributed by atoms with van der Waals surface area (Å²) in [5.74, 6) is 0.609. The van der Waals surface area contributed by atoms with Gasteiger partial charge in [-0.25, -0.2) is 4.68 Å². The highest BCUT2D eigenvalue weighted by Crippen LogP contribution is 2.37. The molecule has 0 aliphatic rings. The van der Waals surface area contributed by atoms with Gasteiger partial charge in [0.05, 0.1) is 36.7 Å². The van der Waals surface area contributed by atoms with E-state index >= 15 is 0 Å². The van der Waals surface area contributed by atoms with Crippen LogP contribution in [0.3, 0.4) is 0 Å². The van der Waals surface area contributed by atoms with Gasteiger partial charge >= 0.3 is 0 Å². The van der Waals surface area contributed by atoms with Gasteiger partial charge in [0.2, 0.25) is 0 Å². The number of carbonyl (C=O) groups is 1. The molecule has 128 valence electrons. The summed E-state index contributed by atoms with van der Waals surface area (Å²) >= 11 is 6.23. The average Bonchev–Trinajstić information content (AvgIpc) is 3.14. The van der Waals surface area contributed by atoms with Crippen molar-refractivity contribution in [2.45, 2.75) is 0 Å². The Bertz CT molecular complexity index is 894. The van der Waals surface area contributed by atoms with Gasteiger partial charge in [-0.05, 0) is 12.1 Å². The summed E-state index contributed by atoms with van der Waals surface area (Å²) in [6.07, 6.45) is 3.14. The van der Waals surface area contributed by atoms with Crippen LogP contribution in [0.5, 0.6) is 11.5 Å². The maximum Gasteiger partial charge on any atom is 0.259 e. The lowest BCUT2D eigenvalue weighted by atomic mass is 10.2. The van der Waals surface area contributed by atoms with Crippen LogP contribution in [0.25, 0.3) is 5.69 Å². The summed E-state index contributed by atoms with van der Waals surface area (Å²) in [7, 11) is 3.02. The summed E-state index contributed by atoms with van der Waals surface area (Å²) in [6.45, 7) is 0.